The number of aryl methyl sites for hydroxylation is 1. The first kappa shape index (κ1) is 28.9. The third kappa shape index (κ3) is 8.12. The fourth-order valence-corrected chi connectivity index (χ4v) is 4.98. The van der Waals surface area contributed by atoms with Crippen LogP contribution in [-0.2, 0) is 26.2 Å². The smallest absolute Gasteiger partial charge is 0.244 e. The Morgan fingerprint density at radius 3 is 2.14 bits per heavy atom. The summed E-state index contributed by atoms with van der Waals surface area (Å²) in [6.07, 6.45) is 2.11. The van der Waals surface area contributed by atoms with E-state index in [0.717, 1.165) is 28.1 Å². The van der Waals surface area contributed by atoms with Gasteiger partial charge in [0.1, 0.15) is 12.6 Å². The first-order chi connectivity index (χ1) is 16.4. The van der Waals surface area contributed by atoms with E-state index in [4.69, 9.17) is 23.2 Å². The van der Waals surface area contributed by atoms with Crippen molar-refractivity contribution in [2.24, 2.45) is 0 Å². The average Bonchev–Trinajstić information content (AvgIpc) is 2.76. The van der Waals surface area contributed by atoms with Crippen molar-refractivity contribution in [3.05, 3.63) is 63.6 Å². The van der Waals surface area contributed by atoms with Crippen LogP contribution in [0.5, 0.6) is 0 Å². The van der Waals surface area contributed by atoms with Crippen molar-refractivity contribution in [2.75, 3.05) is 17.1 Å². The second-order valence-electron chi connectivity index (χ2n) is 8.59. The van der Waals surface area contributed by atoms with Gasteiger partial charge in [0.15, 0.2) is 0 Å². The Morgan fingerprint density at radius 1 is 1.03 bits per heavy atom. The molecule has 7 nitrogen and oxygen atoms in total. The fourth-order valence-electron chi connectivity index (χ4n) is 3.63. The van der Waals surface area contributed by atoms with E-state index in [0.29, 0.717) is 6.42 Å². The molecule has 0 aliphatic rings. The lowest BCUT2D eigenvalue weighted by Crippen LogP contribution is -2.53. The highest BCUT2D eigenvalue weighted by molar-refractivity contribution is 7.92. The van der Waals surface area contributed by atoms with Crippen molar-refractivity contribution < 1.29 is 18.0 Å². The van der Waals surface area contributed by atoms with E-state index in [9.17, 15) is 18.0 Å². The van der Waals surface area contributed by atoms with Gasteiger partial charge in [-0.3, -0.25) is 13.9 Å². The zero-order valence-corrected chi connectivity index (χ0v) is 23.0. The van der Waals surface area contributed by atoms with Crippen LogP contribution in [0.4, 0.5) is 5.69 Å². The highest BCUT2D eigenvalue weighted by Gasteiger charge is 2.32. The zero-order chi connectivity index (χ0) is 26.3. The van der Waals surface area contributed by atoms with E-state index in [2.05, 4.69) is 5.32 Å². The van der Waals surface area contributed by atoms with E-state index in [-0.39, 0.29) is 34.2 Å². The maximum absolute atomic E-state index is 13.7. The second kappa shape index (κ2) is 12.6. The lowest BCUT2D eigenvalue weighted by molar-refractivity contribution is -0.140. The summed E-state index contributed by atoms with van der Waals surface area (Å²) >= 11 is 12.2. The minimum atomic E-state index is -3.87. The molecule has 10 heteroatoms. The number of anilines is 1. The van der Waals surface area contributed by atoms with E-state index >= 15 is 0 Å². The van der Waals surface area contributed by atoms with Crippen molar-refractivity contribution in [1.82, 2.24) is 10.2 Å². The molecule has 0 unspecified atom stereocenters. The van der Waals surface area contributed by atoms with Crippen LogP contribution in [0.1, 0.15) is 44.7 Å². The number of amides is 2. The number of sulfonamides is 1. The number of carbonyl (C=O) groups is 2. The molecule has 0 heterocycles. The van der Waals surface area contributed by atoms with Gasteiger partial charge in [0.2, 0.25) is 21.8 Å². The normalized spacial score (nSPS) is 13.1. The average molecular weight is 543 g/mol. The van der Waals surface area contributed by atoms with Crippen molar-refractivity contribution in [1.29, 1.82) is 0 Å². The van der Waals surface area contributed by atoms with Gasteiger partial charge in [-0.15, -0.1) is 0 Å². The van der Waals surface area contributed by atoms with E-state index in [1.807, 2.05) is 52.0 Å². The molecule has 2 amide bonds. The van der Waals surface area contributed by atoms with Gasteiger partial charge in [-0.05, 0) is 56.0 Å². The molecule has 0 radical (unpaired) electrons. The molecule has 2 rings (SSSR count). The van der Waals surface area contributed by atoms with Crippen LogP contribution in [0, 0.1) is 6.92 Å². The van der Waals surface area contributed by atoms with E-state index in [1.54, 1.807) is 0 Å². The summed E-state index contributed by atoms with van der Waals surface area (Å²) in [5.41, 5.74) is 2.00. The lowest BCUT2D eigenvalue weighted by Gasteiger charge is -2.33. The summed E-state index contributed by atoms with van der Waals surface area (Å²) in [4.78, 5) is 28.3. The van der Waals surface area contributed by atoms with E-state index < -0.39 is 28.5 Å². The predicted octanol–water partition coefficient (Wildman–Crippen LogP) is 4.79. The molecule has 2 aromatic rings. The number of nitrogens with one attached hydrogen (secondary N) is 1. The van der Waals surface area contributed by atoms with Gasteiger partial charge in [-0.1, -0.05) is 61.3 Å². The molecule has 0 bridgehead atoms. The van der Waals surface area contributed by atoms with Crippen molar-refractivity contribution in [3.63, 3.8) is 0 Å². The van der Waals surface area contributed by atoms with Gasteiger partial charge < -0.3 is 10.2 Å². The third-order valence-corrected chi connectivity index (χ3v) is 7.38. The minimum absolute atomic E-state index is 0.0620. The molecule has 1 N–H and O–H groups in total. The van der Waals surface area contributed by atoms with Crippen molar-refractivity contribution in [3.8, 4) is 0 Å². The molecule has 0 aromatic heterocycles. The predicted molar refractivity (Wildman–Crippen MR) is 142 cm³/mol. The molecule has 0 fully saturated rings. The Hall–Kier alpha value is -2.29. The quantitative estimate of drug-likeness (QED) is 0.443. The van der Waals surface area contributed by atoms with Crippen molar-refractivity contribution in [2.45, 2.75) is 59.2 Å². The maximum Gasteiger partial charge on any atom is 0.244 e. The lowest BCUT2D eigenvalue weighted by atomic mass is 10.1. The summed E-state index contributed by atoms with van der Waals surface area (Å²) in [5.74, 6) is -0.790. The summed E-state index contributed by atoms with van der Waals surface area (Å²) in [7, 11) is -3.87. The first-order valence-corrected chi connectivity index (χ1v) is 14.1. The van der Waals surface area contributed by atoms with Crippen LogP contribution >= 0.6 is 23.2 Å². The largest absolute Gasteiger partial charge is 0.352 e. The third-order valence-electron chi connectivity index (χ3n) is 5.80. The molecule has 0 aliphatic heterocycles. The molecule has 2 aromatic carbocycles. The van der Waals surface area contributed by atoms with Crippen LogP contribution in [0.2, 0.25) is 10.0 Å². The fraction of sp³-hybridized carbons (Fsp3) is 0.440. The number of hydrogen-bond donors (Lipinski definition) is 1. The van der Waals surface area contributed by atoms with Crippen LogP contribution < -0.4 is 9.62 Å². The van der Waals surface area contributed by atoms with Gasteiger partial charge in [0, 0.05) is 22.6 Å². The SMILES string of the molecule is CC[C@@H](C)NC(=O)[C@@H](CC)N(Cc1ccccc1C)C(=O)CN(c1cc(Cl)cc(Cl)c1)S(C)(=O)=O. The number of halogens is 2. The Morgan fingerprint density at radius 2 is 1.63 bits per heavy atom. The number of benzene rings is 2. The van der Waals surface area contributed by atoms with Gasteiger partial charge >= 0.3 is 0 Å². The molecule has 0 saturated carbocycles. The Kier molecular flexibility index (Phi) is 10.4. The molecule has 0 aliphatic carbocycles. The van der Waals surface area contributed by atoms with Crippen LogP contribution in [0.25, 0.3) is 0 Å². The second-order valence-corrected chi connectivity index (χ2v) is 11.4. The monoisotopic (exact) mass is 541 g/mol. The van der Waals surface area contributed by atoms with Crippen molar-refractivity contribution >= 4 is 50.7 Å². The summed E-state index contributed by atoms with van der Waals surface area (Å²) < 4.78 is 26.3. The van der Waals surface area contributed by atoms with Gasteiger partial charge in [0.25, 0.3) is 0 Å². The highest BCUT2D eigenvalue weighted by Crippen LogP contribution is 2.27. The molecular formula is C25H33Cl2N3O4S. The first-order valence-electron chi connectivity index (χ1n) is 11.5. The number of hydrogen-bond acceptors (Lipinski definition) is 4. The minimum Gasteiger partial charge on any atom is -0.352 e. The molecule has 192 valence electrons. The van der Waals surface area contributed by atoms with Crippen LogP contribution in [0.15, 0.2) is 42.5 Å². The summed E-state index contributed by atoms with van der Waals surface area (Å²) in [6, 6.07) is 11.1. The van der Waals surface area contributed by atoms with Gasteiger partial charge in [0.05, 0.1) is 11.9 Å². The molecule has 0 saturated heterocycles. The highest BCUT2D eigenvalue weighted by atomic mass is 35.5. The summed E-state index contributed by atoms with van der Waals surface area (Å²) in [5, 5.41) is 3.43. The number of carbonyl (C=O) groups excluding carboxylic acids is 2. The topological polar surface area (TPSA) is 86.8 Å². The van der Waals surface area contributed by atoms with Crippen LogP contribution in [0.3, 0.4) is 0 Å². The van der Waals surface area contributed by atoms with E-state index in [1.165, 1.54) is 23.1 Å². The Balaban J connectivity index is 2.49. The number of nitrogens with zero attached hydrogens (tertiary/aromatic N) is 2. The number of rotatable bonds is 11. The standard InChI is InChI=1S/C25H33Cl2N3O4S/c1-6-18(4)28-25(32)23(7-2)29(15-19-11-9-8-10-17(19)3)24(31)16-30(35(5,33)34)22-13-20(26)12-21(27)14-22/h8-14,18,23H,6-7,15-16H2,1-5H3,(H,28,32)/t18-,23-/m1/s1. The molecular weight excluding hydrogens is 509 g/mol. The zero-order valence-electron chi connectivity index (χ0n) is 20.7. The van der Waals surface area contributed by atoms with Gasteiger partial charge in [-0.25, -0.2) is 8.42 Å². The van der Waals surface area contributed by atoms with Gasteiger partial charge in [-0.2, -0.15) is 0 Å². The van der Waals surface area contributed by atoms with Crippen LogP contribution in [-0.4, -0.2) is 50.0 Å². The molecule has 35 heavy (non-hydrogen) atoms. The Bertz CT molecular complexity index is 1140. The Labute approximate surface area is 218 Å². The summed E-state index contributed by atoms with van der Waals surface area (Å²) in [6.45, 7) is 7.26. The molecule has 2 atom stereocenters. The molecule has 0 spiro atoms. The maximum atomic E-state index is 13.7.